The van der Waals surface area contributed by atoms with E-state index < -0.39 is 5.91 Å². The van der Waals surface area contributed by atoms with Crippen LogP contribution in [0.3, 0.4) is 0 Å². The van der Waals surface area contributed by atoms with Crippen molar-refractivity contribution in [3.05, 3.63) is 0 Å². The van der Waals surface area contributed by atoms with Gasteiger partial charge < -0.3 is 5.73 Å². The van der Waals surface area contributed by atoms with Crippen molar-refractivity contribution in [1.82, 2.24) is 0 Å². The number of primary amides is 1. The highest BCUT2D eigenvalue weighted by molar-refractivity contribution is 7.22. The van der Waals surface area contributed by atoms with Gasteiger partial charge in [0.25, 0.3) is 5.91 Å². The first-order valence-electron chi connectivity index (χ1n) is 1.11. The number of hydrogen-bond acceptors (Lipinski definition) is 1. The molecule has 0 aliphatic heterocycles. The highest BCUT2D eigenvalue weighted by Gasteiger charge is 1.77. The third kappa shape index (κ3) is 3.64. The molecule has 0 bridgehead atoms. The molecule has 0 fully saturated rings. The van der Waals surface area contributed by atoms with E-state index >= 15 is 0 Å². The fourth-order valence-corrected chi connectivity index (χ4v) is 0. The number of rotatable bonds is 1. The van der Waals surface area contributed by atoms with E-state index in [1.165, 1.54) is 5.80 Å². The molecule has 0 saturated heterocycles. The van der Waals surface area contributed by atoms with Gasteiger partial charge in [-0.05, 0) is 0 Å². The van der Waals surface area contributed by atoms with Gasteiger partial charge in [0.1, 0.15) is 0 Å². The molecule has 0 spiro atoms. The van der Waals surface area contributed by atoms with Crippen LogP contribution in [0.15, 0.2) is 0 Å². The molecule has 0 radical (unpaired) electrons. The molecule has 0 aromatic heterocycles. The first-order valence-corrected chi connectivity index (χ1v) is 1.78. The van der Waals surface area contributed by atoms with E-state index in [0.29, 0.717) is 0 Å². The Morgan fingerprint density at radius 3 is 2.20 bits per heavy atom. The lowest BCUT2D eigenvalue weighted by atomic mass is 10.8. The average Bonchev–Trinajstić information content (AvgIpc) is 1.38. The van der Waals surface area contributed by atoms with Crippen molar-refractivity contribution in [3.63, 3.8) is 0 Å². The Morgan fingerprint density at radius 1 is 2.00 bits per heavy atom. The highest BCUT2D eigenvalue weighted by Crippen LogP contribution is 1.48. The first-order chi connectivity index (χ1) is 2.27. The quantitative estimate of drug-likeness (QED) is 0.418. The zero-order valence-electron chi connectivity index (χ0n) is 2.64. The Bertz CT molecular complexity index is 60.7. The van der Waals surface area contributed by atoms with Gasteiger partial charge in [-0.25, -0.2) is 0 Å². The highest BCUT2D eigenvalue weighted by atomic mass is 31.0. The van der Waals surface area contributed by atoms with Gasteiger partial charge in [-0.2, -0.15) is 0 Å². The fourth-order valence-electron chi connectivity index (χ4n) is 0. The zero-order valence-corrected chi connectivity index (χ0v) is 3.79. The van der Waals surface area contributed by atoms with Crippen LogP contribution in [0, 0.1) is 0 Å². The second kappa shape index (κ2) is 1.91. The standard InChI is InChI=1S/C2H4NOP/c3-2(4)1-5/h1,5H,(H2,3,4)/p+1. The van der Waals surface area contributed by atoms with Crippen LogP contribution in [0.25, 0.3) is 0 Å². The summed E-state index contributed by atoms with van der Waals surface area (Å²) in [6, 6.07) is 0. The topological polar surface area (TPSA) is 43.1 Å². The Kier molecular flexibility index (Phi) is 1.78. The van der Waals surface area contributed by atoms with Gasteiger partial charge in [0, 0.05) is 0 Å². The minimum absolute atomic E-state index is 0.407. The molecule has 0 rings (SSSR count). The summed E-state index contributed by atoms with van der Waals surface area (Å²) in [5, 5.41) is 0. The summed E-state index contributed by atoms with van der Waals surface area (Å²) >= 11 is 0. The average molecular weight is 90.0 g/mol. The van der Waals surface area contributed by atoms with Crippen LogP contribution in [-0.2, 0) is 4.79 Å². The van der Waals surface area contributed by atoms with Gasteiger partial charge in [0.2, 0.25) is 0 Å². The van der Waals surface area contributed by atoms with E-state index in [1.807, 2.05) is 0 Å². The number of carbonyl (C=O) groups excluding carboxylic acids is 1. The smallest absolute Gasteiger partial charge is 0.283 e. The fraction of sp³-hybridized carbons (Fsp3) is 0. The van der Waals surface area contributed by atoms with Gasteiger partial charge in [-0.15, -0.1) is 0 Å². The lowest BCUT2D eigenvalue weighted by Crippen LogP contribution is -2.08. The Balaban J connectivity index is 3.20. The number of carbonyl (C=O) groups is 1. The van der Waals surface area contributed by atoms with Crippen molar-refractivity contribution in [2.45, 2.75) is 0 Å². The van der Waals surface area contributed by atoms with E-state index in [1.54, 1.807) is 0 Å². The molecule has 0 aromatic carbocycles. The van der Waals surface area contributed by atoms with Crippen LogP contribution in [0.4, 0.5) is 0 Å². The molecule has 3 heteroatoms. The predicted molar refractivity (Wildman–Crippen MR) is 25.0 cm³/mol. The minimum Gasteiger partial charge on any atom is -0.363 e. The van der Waals surface area contributed by atoms with Crippen molar-refractivity contribution in [3.8, 4) is 0 Å². The van der Waals surface area contributed by atoms with Gasteiger partial charge in [-0.3, -0.25) is 4.79 Å². The third-order valence-electron chi connectivity index (χ3n) is 0.164. The molecule has 1 unspecified atom stereocenters. The second-order valence-electron chi connectivity index (χ2n) is 0.569. The van der Waals surface area contributed by atoms with E-state index in [2.05, 4.69) is 14.6 Å². The molecule has 28 valence electrons. The summed E-state index contributed by atoms with van der Waals surface area (Å²) in [7, 11) is 2.09. The molecular weight excluding hydrogens is 85.0 g/mol. The Hall–Kier alpha value is -0.360. The van der Waals surface area contributed by atoms with Gasteiger partial charge >= 0.3 is 0 Å². The first kappa shape index (κ1) is 4.64. The summed E-state index contributed by atoms with van der Waals surface area (Å²) in [6.07, 6.45) is 0. The predicted octanol–water partition coefficient (Wildman–Crippen LogP) is -0.851. The van der Waals surface area contributed by atoms with Crippen molar-refractivity contribution in [1.29, 1.82) is 0 Å². The largest absolute Gasteiger partial charge is 0.363 e. The van der Waals surface area contributed by atoms with Crippen LogP contribution in [-0.4, -0.2) is 11.7 Å². The number of amides is 1. The molecule has 1 atom stereocenters. The normalized spacial score (nSPS) is 6.40. The molecule has 0 aliphatic carbocycles. The molecule has 2 nitrogen and oxygen atoms in total. The van der Waals surface area contributed by atoms with Crippen molar-refractivity contribution in [2.24, 2.45) is 5.73 Å². The maximum Gasteiger partial charge on any atom is 0.283 e. The Labute approximate surface area is 32.2 Å². The molecule has 0 saturated carbocycles. The van der Waals surface area contributed by atoms with Gasteiger partial charge in [0.05, 0.1) is 8.86 Å². The molecule has 0 aromatic rings. The monoisotopic (exact) mass is 90.0 g/mol. The number of hydrogen-bond donors (Lipinski definition) is 1. The zero-order chi connectivity index (χ0) is 4.28. The molecule has 1 amide bonds. The van der Waals surface area contributed by atoms with Crippen LogP contribution in [0.1, 0.15) is 0 Å². The summed E-state index contributed by atoms with van der Waals surface area (Å²) in [4.78, 5) is 9.51. The van der Waals surface area contributed by atoms with Crippen LogP contribution in [0.2, 0.25) is 0 Å². The third-order valence-corrected chi connectivity index (χ3v) is 0.493. The second-order valence-corrected chi connectivity index (χ2v) is 0.902. The van der Waals surface area contributed by atoms with E-state index in [9.17, 15) is 4.79 Å². The summed E-state index contributed by atoms with van der Waals surface area (Å²) in [5.41, 5.74) is 4.58. The van der Waals surface area contributed by atoms with Crippen LogP contribution < -0.4 is 5.73 Å². The SMILES string of the molecule is NC(=O)C=[PH2+]. The molecule has 0 aliphatic rings. The van der Waals surface area contributed by atoms with E-state index in [4.69, 9.17) is 0 Å². The summed E-state index contributed by atoms with van der Waals surface area (Å²) in [6.45, 7) is 0. The van der Waals surface area contributed by atoms with Crippen molar-refractivity contribution in [2.75, 3.05) is 0 Å². The lowest BCUT2D eigenvalue weighted by Gasteiger charge is -1.59. The van der Waals surface area contributed by atoms with Crippen molar-refractivity contribution >= 4 is 20.6 Å². The van der Waals surface area contributed by atoms with E-state index in [-0.39, 0.29) is 0 Å². The molecule has 0 heterocycles. The number of nitrogens with two attached hydrogens (primary N) is 1. The van der Waals surface area contributed by atoms with Crippen molar-refractivity contribution < 1.29 is 4.79 Å². The van der Waals surface area contributed by atoms with Crippen LogP contribution in [0.5, 0.6) is 0 Å². The van der Waals surface area contributed by atoms with Gasteiger partial charge in [0.15, 0.2) is 5.80 Å². The minimum atomic E-state index is -0.407. The van der Waals surface area contributed by atoms with Crippen LogP contribution >= 0.6 is 8.86 Å². The maximum absolute atomic E-state index is 9.51. The van der Waals surface area contributed by atoms with E-state index in [0.717, 1.165) is 0 Å². The Morgan fingerprint density at radius 2 is 2.20 bits per heavy atom. The maximum atomic E-state index is 9.51. The molecule has 5 heavy (non-hydrogen) atoms. The molecule has 2 N–H and O–H groups in total. The summed E-state index contributed by atoms with van der Waals surface area (Å²) < 4.78 is 0. The molecular formula is C2H5NOP+. The lowest BCUT2D eigenvalue weighted by molar-refractivity contribution is -0.111. The van der Waals surface area contributed by atoms with Gasteiger partial charge in [-0.1, -0.05) is 0 Å². The summed E-state index contributed by atoms with van der Waals surface area (Å²) in [5.74, 6) is 0.815.